The van der Waals surface area contributed by atoms with Gasteiger partial charge in [0.2, 0.25) is 0 Å². The second-order valence-corrected chi connectivity index (χ2v) is 3.42. The van der Waals surface area contributed by atoms with Crippen LogP contribution in [0.15, 0.2) is 0 Å². The number of sulfonamides is 1. The van der Waals surface area contributed by atoms with E-state index in [0.717, 1.165) is 4.90 Å². The van der Waals surface area contributed by atoms with Crippen LogP contribution in [0.1, 0.15) is 13.8 Å². The molecule has 0 saturated carbocycles. The Morgan fingerprint density at radius 2 is 1.73 bits per heavy atom. The van der Waals surface area contributed by atoms with Crippen LogP contribution in [0.3, 0.4) is 0 Å². The van der Waals surface area contributed by atoms with Crippen molar-refractivity contribution in [1.82, 2.24) is 4.90 Å². The monoisotopic (exact) mass is 180 g/mol. The molecular weight excluding hydrogens is 168 g/mol. The highest BCUT2D eigenvalue weighted by molar-refractivity contribution is 8.04. The van der Waals surface area contributed by atoms with Gasteiger partial charge in [0, 0.05) is 13.1 Å². The van der Waals surface area contributed by atoms with Crippen molar-refractivity contribution in [3.63, 3.8) is 0 Å². The summed E-state index contributed by atoms with van der Waals surface area (Å²) in [6, 6.07) is 0. The molecule has 11 heavy (non-hydrogen) atoms. The first-order valence-electron chi connectivity index (χ1n) is 3.25. The van der Waals surface area contributed by atoms with E-state index in [1.807, 2.05) is 0 Å². The predicted octanol–water partition coefficient (Wildman–Crippen LogP) is -0.263. The lowest BCUT2D eigenvalue weighted by atomic mass is 10.6. The summed E-state index contributed by atoms with van der Waals surface area (Å²) < 4.78 is 21.0. The molecule has 0 heterocycles. The maximum Gasteiger partial charge on any atom is 0.353 e. The van der Waals surface area contributed by atoms with Crippen LogP contribution in [0.5, 0.6) is 0 Å². The predicted molar refractivity (Wildman–Crippen MR) is 41.4 cm³/mol. The van der Waals surface area contributed by atoms with Gasteiger partial charge in [0.15, 0.2) is 0 Å². The van der Waals surface area contributed by atoms with Crippen LogP contribution >= 0.6 is 0 Å². The molecule has 0 rings (SSSR count). The van der Waals surface area contributed by atoms with Crippen LogP contribution in [-0.4, -0.2) is 31.6 Å². The van der Waals surface area contributed by atoms with Gasteiger partial charge in [-0.1, -0.05) is 0 Å². The second-order valence-electron chi connectivity index (χ2n) is 1.98. The van der Waals surface area contributed by atoms with E-state index in [2.05, 4.69) is 5.14 Å². The molecule has 0 aromatic carbocycles. The maximum atomic E-state index is 10.8. The first kappa shape index (κ1) is 10.4. The van der Waals surface area contributed by atoms with Crippen molar-refractivity contribution >= 4 is 15.3 Å². The molecular formula is C5H12N2O3S. The number of primary sulfonamides is 1. The molecule has 0 unspecified atom stereocenters. The van der Waals surface area contributed by atoms with E-state index in [0.29, 0.717) is 13.1 Å². The zero-order valence-corrected chi connectivity index (χ0v) is 7.39. The first-order chi connectivity index (χ1) is 4.93. The van der Waals surface area contributed by atoms with E-state index in [9.17, 15) is 13.2 Å². The van der Waals surface area contributed by atoms with Crippen molar-refractivity contribution in [2.45, 2.75) is 13.8 Å². The molecule has 2 N–H and O–H groups in total. The van der Waals surface area contributed by atoms with Gasteiger partial charge in [0.05, 0.1) is 0 Å². The van der Waals surface area contributed by atoms with Crippen LogP contribution in [0, 0.1) is 0 Å². The van der Waals surface area contributed by atoms with Crippen LogP contribution in [0.2, 0.25) is 0 Å². The molecule has 1 amide bonds. The van der Waals surface area contributed by atoms with Gasteiger partial charge >= 0.3 is 5.24 Å². The SMILES string of the molecule is CCN(CC)C(=O)S(N)(=O)=O. The Bertz CT molecular complexity index is 230. The fraction of sp³-hybridized carbons (Fsp3) is 0.800. The molecule has 6 heteroatoms. The van der Waals surface area contributed by atoms with E-state index in [1.165, 1.54) is 0 Å². The number of amides is 1. The van der Waals surface area contributed by atoms with Gasteiger partial charge in [-0.25, -0.2) is 13.6 Å². The fourth-order valence-electron chi connectivity index (χ4n) is 0.662. The Balaban J connectivity index is 4.48. The lowest BCUT2D eigenvalue weighted by molar-refractivity contribution is 0.225. The van der Waals surface area contributed by atoms with E-state index >= 15 is 0 Å². The number of carbonyl (C=O) groups excluding carboxylic acids is 1. The van der Waals surface area contributed by atoms with Crippen LogP contribution < -0.4 is 5.14 Å². The van der Waals surface area contributed by atoms with Crippen LogP contribution in [0.4, 0.5) is 4.79 Å². The zero-order valence-electron chi connectivity index (χ0n) is 6.57. The molecule has 0 aromatic rings. The molecule has 0 fully saturated rings. The molecule has 66 valence electrons. The second kappa shape index (κ2) is 3.68. The summed E-state index contributed by atoms with van der Waals surface area (Å²) in [6.07, 6.45) is 0. The molecule has 0 aliphatic heterocycles. The first-order valence-corrected chi connectivity index (χ1v) is 4.79. The number of nitrogens with zero attached hydrogens (tertiary/aromatic N) is 1. The maximum absolute atomic E-state index is 10.8. The number of hydrogen-bond donors (Lipinski definition) is 1. The lowest BCUT2D eigenvalue weighted by Crippen LogP contribution is -2.38. The summed E-state index contributed by atoms with van der Waals surface area (Å²) >= 11 is 0. The highest BCUT2D eigenvalue weighted by atomic mass is 32.2. The number of hydrogen-bond acceptors (Lipinski definition) is 3. The molecule has 0 atom stereocenters. The molecule has 0 spiro atoms. The van der Waals surface area contributed by atoms with Crippen molar-refractivity contribution in [3.8, 4) is 0 Å². The normalized spacial score (nSPS) is 11.2. The van der Waals surface area contributed by atoms with Gasteiger partial charge in [-0.2, -0.15) is 0 Å². The minimum atomic E-state index is -4.04. The minimum Gasteiger partial charge on any atom is -0.329 e. The third-order valence-electron chi connectivity index (χ3n) is 1.27. The van der Waals surface area contributed by atoms with Crippen molar-refractivity contribution in [3.05, 3.63) is 0 Å². The Morgan fingerprint density at radius 3 is 1.82 bits per heavy atom. The number of rotatable bonds is 2. The largest absolute Gasteiger partial charge is 0.353 e. The van der Waals surface area contributed by atoms with E-state index < -0.39 is 15.3 Å². The van der Waals surface area contributed by atoms with E-state index in [-0.39, 0.29) is 0 Å². The van der Waals surface area contributed by atoms with Gasteiger partial charge in [0.25, 0.3) is 10.0 Å². The summed E-state index contributed by atoms with van der Waals surface area (Å²) in [5.41, 5.74) is 0. The minimum absolute atomic E-state index is 0.353. The molecule has 0 aliphatic rings. The third kappa shape index (κ3) is 2.85. The van der Waals surface area contributed by atoms with Gasteiger partial charge in [0.1, 0.15) is 0 Å². The molecule has 0 bridgehead atoms. The molecule has 0 aromatic heterocycles. The topological polar surface area (TPSA) is 80.5 Å². The summed E-state index contributed by atoms with van der Waals surface area (Å²) in [5, 5.41) is 3.60. The summed E-state index contributed by atoms with van der Waals surface area (Å²) in [5.74, 6) is 0. The summed E-state index contributed by atoms with van der Waals surface area (Å²) in [4.78, 5) is 12.0. The molecule has 0 radical (unpaired) electrons. The number of nitrogens with two attached hydrogens (primary N) is 1. The van der Waals surface area contributed by atoms with Gasteiger partial charge in [-0.15, -0.1) is 0 Å². The average molecular weight is 180 g/mol. The molecule has 0 saturated heterocycles. The summed E-state index contributed by atoms with van der Waals surface area (Å²) in [7, 11) is -4.04. The third-order valence-corrected chi connectivity index (χ3v) is 2.01. The van der Waals surface area contributed by atoms with E-state index in [1.54, 1.807) is 13.8 Å². The molecule has 0 aliphatic carbocycles. The van der Waals surface area contributed by atoms with Crippen molar-refractivity contribution in [2.24, 2.45) is 5.14 Å². The molecule has 5 nitrogen and oxygen atoms in total. The highest BCUT2D eigenvalue weighted by Crippen LogP contribution is 1.94. The lowest BCUT2D eigenvalue weighted by Gasteiger charge is -2.15. The smallest absolute Gasteiger partial charge is 0.329 e. The van der Waals surface area contributed by atoms with Gasteiger partial charge in [-0.3, -0.25) is 4.79 Å². The van der Waals surface area contributed by atoms with Crippen LogP contribution in [-0.2, 0) is 10.0 Å². The zero-order chi connectivity index (χ0) is 9.07. The summed E-state index contributed by atoms with van der Waals surface area (Å²) in [6.45, 7) is 4.08. The Kier molecular flexibility index (Phi) is 3.47. The van der Waals surface area contributed by atoms with E-state index in [4.69, 9.17) is 0 Å². The number of carbonyl (C=O) groups is 1. The fourth-order valence-corrected chi connectivity index (χ4v) is 1.28. The Morgan fingerprint density at radius 1 is 1.36 bits per heavy atom. The van der Waals surface area contributed by atoms with Crippen molar-refractivity contribution in [2.75, 3.05) is 13.1 Å². The Hall–Kier alpha value is -0.620. The van der Waals surface area contributed by atoms with Crippen molar-refractivity contribution in [1.29, 1.82) is 0 Å². The van der Waals surface area contributed by atoms with Crippen molar-refractivity contribution < 1.29 is 13.2 Å². The highest BCUT2D eigenvalue weighted by Gasteiger charge is 2.21. The van der Waals surface area contributed by atoms with Crippen LogP contribution in [0.25, 0.3) is 0 Å². The van der Waals surface area contributed by atoms with Gasteiger partial charge < -0.3 is 4.90 Å². The quantitative estimate of drug-likeness (QED) is 0.635. The standard InChI is InChI=1S/C5H12N2O3S/c1-3-7(4-2)5(8)11(6,9)10/h3-4H2,1-2H3,(H2,6,9,10). The average Bonchev–Trinajstić information content (AvgIpc) is 1.88. The Labute approximate surface area is 66.2 Å². The van der Waals surface area contributed by atoms with Gasteiger partial charge in [-0.05, 0) is 13.8 Å².